The maximum Gasteiger partial charge on any atom is 0.252 e. The number of amides is 2. The molecule has 2 rings (SSSR count). The Hall–Kier alpha value is -2.91. The molecule has 0 aliphatic rings. The van der Waals surface area contributed by atoms with E-state index in [1.807, 2.05) is 0 Å². The highest BCUT2D eigenvalue weighted by Crippen LogP contribution is 2.24. The summed E-state index contributed by atoms with van der Waals surface area (Å²) in [6.07, 6.45) is 0. The third-order valence-electron chi connectivity index (χ3n) is 3.61. The van der Waals surface area contributed by atoms with Gasteiger partial charge in [-0.25, -0.2) is 4.39 Å². The maximum absolute atomic E-state index is 13.4. The van der Waals surface area contributed by atoms with Gasteiger partial charge in [-0.2, -0.15) is 5.26 Å². The van der Waals surface area contributed by atoms with Crippen molar-refractivity contribution in [2.75, 3.05) is 0 Å². The molecule has 5 nitrogen and oxygen atoms in total. The fourth-order valence-electron chi connectivity index (χ4n) is 2.13. The molecule has 24 heavy (non-hydrogen) atoms. The lowest BCUT2D eigenvalue weighted by Gasteiger charge is -2.28. The van der Waals surface area contributed by atoms with E-state index < -0.39 is 23.2 Å². The molecule has 0 spiro atoms. The number of nitrogens with zero attached hydrogens (tertiary/aromatic N) is 1. The lowest BCUT2D eigenvalue weighted by atomic mass is 9.90. The first kappa shape index (κ1) is 17.4. The minimum absolute atomic E-state index is 0.0300. The number of rotatable bonds is 4. The van der Waals surface area contributed by atoms with Crippen molar-refractivity contribution in [2.45, 2.75) is 12.5 Å². The van der Waals surface area contributed by atoms with Crippen molar-refractivity contribution in [3.63, 3.8) is 0 Å². The predicted octanol–water partition coefficient (Wildman–Crippen LogP) is 2.48. The SMILES string of the molecule is C[C@](NC(=O)c1ccc(F)c(C#N)c1)(C(N)=O)c1cccc(Cl)c1. The van der Waals surface area contributed by atoms with Crippen molar-refractivity contribution in [3.8, 4) is 6.07 Å². The third-order valence-corrected chi connectivity index (χ3v) is 3.84. The molecule has 1 atom stereocenters. The molecule has 122 valence electrons. The normalized spacial score (nSPS) is 12.8. The summed E-state index contributed by atoms with van der Waals surface area (Å²) >= 11 is 5.92. The Bertz CT molecular complexity index is 863. The monoisotopic (exact) mass is 345 g/mol. The summed E-state index contributed by atoms with van der Waals surface area (Å²) in [5.41, 5.74) is 4.09. The number of carbonyl (C=O) groups excluding carboxylic acids is 2. The van der Waals surface area contributed by atoms with Crippen LogP contribution in [0.15, 0.2) is 42.5 Å². The molecule has 0 bridgehead atoms. The number of primary amides is 1. The molecular weight excluding hydrogens is 333 g/mol. The van der Waals surface area contributed by atoms with E-state index in [9.17, 15) is 14.0 Å². The van der Waals surface area contributed by atoms with Crippen LogP contribution >= 0.6 is 11.6 Å². The lowest BCUT2D eigenvalue weighted by molar-refractivity contribution is -0.123. The number of nitrogens with one attached hydrogen (secondary N) is 1. The molecule has 0 aromatic heterocycles. The predicted molar refractivity (Wildman–Crippen MR) is 86.6 cm³/mol. The summed E-state index contributed by atoms with van der Waals surface area (Å²) in [6.45, 7) is 1.44. The van der Waals surface area contributed by atoms with Crippen molar-refractivity contribution >= 4 is 23.4 Å². The Labute approximate surface area is 142 Å². The zero-order chi connectivity index (χ0) is 17.9. The van der Waals surface area contributed by atoms with E-state index in [-0.39, 0.29) is 11.1 Å². The van der Waals surface area contributed by atoms with Crippen molar-refractivity contribution in [3.05, 3.63) is 70.0 Å². The van der Waals surface area contributed by atoms with E-state index in [1.165, 1.54) is 19.1 Å². The van der Waals surface area contributed by atoms with Crippen LogP contribution in [-0.2, 0) is 10.3 Å². The van der Waals surface area contributed by atoms with Crippen molar-refractivity contribution in [2.24, 2.45) is 5.73 Å². The summed E-state index contributed by atoms with van der Waals surface area (Å²) < 4.78 is 13.4. The number of hydrogen-bond acceptors (Lipinski definition) is 3. The van der Waals surface area contributed by atoms with Crippen LogP contribution in [0, 0.1) is 17.1 Å². The Kier molecular flexibility index (Phi) is 4.86. The highest BCUT2D eigenvalue weighted by Gasteiger charge is 2.35. The summed E-state index contributed by atoms with van der Waals surface area (Å²) in [5.74, 6) is -2.20. The minimum atomic E-state index is -1.52. The van der Waals surface area contributed by atoms with Crippen molar-refractivity contribution < 1.29 is 14.0 Å². The van der Waals surface area contributed by atoms with Gasteiger partial charge in [-0.3, -0.25) is 9.59 Å². The molecule has 3 N–H and O–H groups in total. The van der Waals surface area contributed by atoms with E-state index in [0.717, 1.165) is 12.1 Å². The van der Waals surface area contributed by atoms with E-state index in [1.54, 1.807) is 24.3 Å². The number of carbonyl (C=O) groups is 2. The zero-order valence-corrected chi connectivity index (χ0v) is 13.4. The molecule has 0 saturated heterocycles. The van der Waals surface area contributed by atoms with Crippen LogP contribution in [0.3, 0.4) is 0 Å². The fourth-order valence-corrected chi connectivity index (χ4v) is 2.32. The van der Waals surface area contributed by atoms with Gasteiger partial charge in [0.15, 0.2) is 0 Å². The summed E-state index contributed by atoms with van der Waals surface area (Å²) in [5, 5.41) is 11.7. The topological polar surface area (TPSA) is 96.0 Å². The Morgan fingerprint density at radius 3 is 2.58 bits per heavy atom. The Morgan fingerprint density at radius 2 is 2.00 bits per heavy atom. The van der Waals surface area contributed by atoms with Gasteiger partial charge in [-0.15, -0.1) is 0 Å². The van der Waals surface area contributed by atoms with Crippen LogP contribution < -0.4 is 11.1 Å². The van der Waals surface area contributed by atoms with Gasteiger partial charge >= 0.3 is 0 Å². The van der Waals surface area contributed by atoms with Crippen LogP contribution in [-0.4, -0.2) is 11.8 Å². The second-order valence-corrected chi connectivity index (χ2v) is 5.70. The first-order valence-corrected chi connectivity index (χ1v) is 7.24. The van der Waals surface area contributed by atoms with Crippen LogP contribution in [0.2, 0.25) is 5.02 Å². The maximum atomic E-state index is 13.4. The number of hydrogen-bond donors (Lipinski definition) is 2. The highest BCUT2D eigenvalue weighted by molar-refractivity contribution is 6.30. The molecule has 0 saturated carbocycles. The van der Waals surface area contributed by atoms with Crippen LogP contribution in [0.1, 0.15) is 28.4 Å². The van der Waals surface area contributed by atoms with Gasteiger partial charge in [-0.1, -0.05) is 23.7 Å². The molecule has 0 aliphatic carbocycles. The average Bonchev–Trinajstić information content (AvgIpc) is 2.54. The first-order valence-electron chi connectivity index (χ1n) is 6.86. The highest BCUT2D eigenvalue weighted by atomic mass is 35.5. The Balaban J connectivity index is 2.40. The van der Waals surface area contributed by atoms with Gasteiger partial charge in [-0.05, 0) is 42.8 Å². The van der Waals surface area contributed by atoms with Gasteiger partial charge in [0, 0.05) is 10.6 Å². The standard InChI is InChI=1S/C17H13ClFN3O2/c1-17(16(21)24,12-3-2-4-13(18)8-12)22-15(23)10-5-6-14(19)11(7-10)9-20/h2-8H,1H3,(H2,21,24)(H,22,23)/t17-/m1/s1. The summed E-state index contributed by atoms with van der Waals surface area (Å²) in [4.78, 5) is 24.3. The van der Waals surface area contributed by atoms with E-state index in [4.69, 9.17) is 22.6 Å². The molecule has 2 aromatic carbocycles. The third kappa shape index (κ3) is 3.36. The number of halogens is 2. The molecule has 2 aromatic rings. The molecule has 2 amide bonds. The van der Waals surface area contributed by atoms with Crippen molar-refractivity contribution in [1.29, 1.82) is 5.26 Å². The number of nitrogens with two attached hydrogens (primary N) is 1. The summed E-state index contributed by atoms with van der Waals surface area (Å²) in [6, 6.07) is 11.3. The van der Waals surface area contributed by atoms with E-state index in [0.29, 0.717) is 10.6 Å². The molecular formula is C17H13ClFN3O2. The number of benzene rings is 2. The van der Waals surface area contributed by atoms with Crippen molar-refractivity contribution in [1.82, 2.24) is 5.32 Å². The van der Waals surface area contributed by atoms with Gasteiger partial charge in [0.1, 0.15) is 17.4 Å². The largest absolute Gasteiger partial charge is 0.367 e. The van der Waals surface area contributed by atoms with Crippen LogP contribution in [0.25, 0.3) is 0 Å². The van der Waals surface area contributed by atoms with Gasteiger partial charge in [0.25, 0.3) is 5.91 Å². The zero-order valence-electron chi connectivity index (χ0n) is 12.6. The van der Waals surface area contributed by atoms with Gasteiger partial charge in [0.05, 0.1) is 5.56 Å². The lowest BCUT2D eigenvalue weighted by Crippen LogP contribution is -2.52. The second kappa shape index (κ2) is 6.69. The number of nitriles is 1. The second-order valence-electron chi connectivity index (χ2n) is 5.26. The smallest absolute Gasteiger partial charge is 0.252 e. The first-order chi connectivity index (χ1) is 11.3. The molecule has 0 radical (unpaired) electrons. The summed E-state index contributed by atoms with van der Waals surface area (Å²) in [7, 11) is 0. The average molecular weight is 346 g/mol. The quantitative estimate of drug-likeness (QED) is 0.890. The molecule has 0 unspecified atom stereocenters. The molecule has 0 heterocycles. The minimum Gasteiger partial charge on any atom is -0.367 e. The molecule has 0 fully saturated rings. The molecule has 7 heteroatoms. The van der Waals surface area contributed by atoms with Crippen LogP contribution in [0.5, 0.6) is 0 Å². The van der Waals surface area contributed by atoms with E-state index >= 15 is 0 Å². The fraction of sp³-hybridized carbons (Fsp3) is 0.118. The van der Waals surface area contributed by atoms with E-state index in [2.05, 4.69) is 5.32 Å². The Morgan fingerprint density at radius 1 is 1.29 bits per heavy atom. The molecule has 0 aliphatic heterocycles. The van der Waals surface area contributed by atoms with Crippen LogP contribution in [0.4, 0.5) is 4.39 Å². The van der Waals surface area contributed by atoms with Gasteiger partial charge < -0.3 is 11.1 Å². The van der Waals surface area contributed by atoms with Gasteiger partial charge in [0.2, 0.25) is 5.91 Å².